The van der Waals surface area contributed by atoms with Gasteiger partial charge in [-0.25, -0.2) is 4.98 Å². The highest BCUT2D eigenvalue weighted by Crippen LogP contribution is 2.26. The van der Waals surface area contributed by atoms with Gasteiger partial charge in [0.1, 0.15) is 5.78 Å². The quantitative estimate of drug-likeness (QED) is 0.729. The lowest BCUT2D eigenvalue weighted by molar-refractivity contribution is -0.116. The Balaban J connectivity index is 2.81. The van der Waals surface area contributed by atoms with Crippen molar-refractivity contribution in [3.8, 4) is 0 Å². The Bertz CT molecular complexity index is 309. The third-order valence-corrected chi connectivity index (χ3v) is 3.04. The molecule has 0 fully saturated rings. The topological polar surface area (TPSA) is 30.0 Å². The lowest BCUT2D eigenvalue weighted by Gasteiger charge is -2.13. The monoisotopic (exact) mass is 197 g/mol. The van der Waals surface area contributed by atoms with Gasteiger partial charge in [-0.2, -0.15) is 0 Å². The van der Waals surface area contributed by atoms with Gasteiger partial charge < -0.3 is 0 Å². The minimum Gasteiger partial charge on any atom is -0.300 e. The molecule has 0 saturated heterocycles. The molecule has 1 aromatic heterocycles. The van der Waals surface area contributed by atoms with Gasteiger partial charge in [-0.15, -0.1) is 11.3 Å². The third-order valence-electron chi connectivity index (χ3n) is 1.62. The largest absolute Gasteiger partial charge is 0.300 e. The Hall–Kier alpha value is -0.700. The predicted molar refractivity (Wildman–Crippen MR) is 55.2 cm³/mol. The average molecular weight is 197 g/mol. The summed E-state index contributed by atoms with van der Waals surface area (Å²) in [6, 6.07) is 0. The van der Waals surface area contributed by atoms with Gasteiger partial charge in [0, 0.05) is 22.9 Å². The number of hydrogen-bond donors (Lipinski definition) is 0. The molecule has 0 aliphatic carbocycles. The molecule has 0 atom stereocenters. The van der Waals surface area contributed by atoms with Gasteiger partial charge in [0.15, 0.2) is 0 Å². The van der Waals surface area contributed by atoms with Crippen LogP contribution in [0.15, 0.2) is 6.20 Å². The Kier molecular flexibility index (Phi) is 2.86. The molecule has 72 valence electrons. The molecule has 3 heteroatoms. The second-order valence-corrected chi connectivity index (χ2v) is 5.38. The van der Waals surface area contributed by atoms with Crippen LogP contribution >= 0.6 is 11.3 Å². The van der Waals surface area contributed by atoms with Crippen LogP contribution in [-0.2, 0) is 16.6 Å². The highest BCUT2D eigenvalue weighted by Gasteiger charge is 2.18. The maximum absolute atomic E-state index is 10.9. The van der Waals surface area contributed by atoms with Crippen LogP contribution in [0.3, 0.4) is 0 Å². The number of thiazole rings is 1. The van der Waals surface area contributed by atoms with E-state index in [2.05, 4.69) is 25.8 Å². The van der Waals surface area contributed by atoms with Gasteiger partial charge in [-0.3, -0.25) is 4.79 Å². The summed E-state index contributed by atoms with van der Waals surface area (Å²) in [5, 5.41) is 1.10. The SMILES string of the molecule is CC(=O)Cc1cnc(C(C)(C)C)s1. The highest BCUT2D eigenvalue weighted by molar-refractivity contribution is 7.11. The summed E-state index contributed by atoms with van der Waals surface area (Å²) >= 11 is 1.64. The number of nitrogens with zero attached hydrogens (tertiary/aromatic N) is 1. The van der Waals surface area contributed by atoms with Gasteiger partial charge in [0.25, 0.3) is 0 Å². The molecule has 0 spiro atoms. The zero-order valence-corrected chi connectivity index (χ0v) is 9.36. The molecule has 2 nitrogen and oxygen atoms in total. The molecular formula is C10H15NOS. The molecule has 0 aliphatic rings. The fourth-order valence-electron chi connectivity index (χ4n) is 0.981. The van der Waals surface area contributed by atoms with E-state index >= 15 is 0 Å². The molecule has 0 saturated carbocycles. The summed E-state index contributed by atoms with van der Waals surface area (Å²) in [5.74, 6) is 0.198. The molecule has 0 unspecified atom stereocenters. The van der Waals surface area contributed by atoms with Gasteiger partial charge >= 0.3 is 0 Å². The van der Waals surface area contributed by atoms with E-state index in [1.54, 1.807) is 18.3 Å². The smallest absolute Gasteiger partial charge is 0.135 e. The van der Waals surface area contributed by atoms with Crippen LogP contribution in [0, 0.1) is 0 Å². The van der Waals surface area contributed by atoms with E-state index in [0.29, 0.717) is 6.42 Å². The number of carbonyl (C=O) groups is 1. The molecule has 1 heterocycles. The first-order valence-electron chi connectivity index (χ1n) is 4.34. The van der Waals surface area contributed by atoms with Crippen molar-refractivity contribution in [2.75, 3.05) is 0 Å². The number of rotatable bonds is 2. The number of hydrogen-bond acceptors (Lipinski definition) is 3. The molecule has 0 aliphatic heterocycles. The van der Waals surface area contributed by atoms with Crippen LogP contribution in [0.2, 0.25) is 0 Å². The highest BCUT2D eigenvalue weighted by atomic mass is 32.1. The van der Waals surface area contributed by atoms with Crippen molar-refractivity contribution in [2.45, 2.75) is 39.5 Å². The van der Waals surface area contributed by atoms with Gasteiger partial charge in [0.05, 0.1) is 5.01 Å². The predicted octanol–water partition coefficient (Wildman–Crippen LogP) is 2.57. The van der Waals surface area contributed by atoms with Crippen LogP contribution in [-0.4, -0.2) is 10.8 Å². The first kappa shape index (κ1) is 10.4. The Labute approximate surface area is 83.0 Å². The van der Waals surface area contributed by atoms with Crippen molar-refractivity contribution in [1.82, 2.24) is 4.98 Å². The maximum Gasteiger partial charge on any atom is 0.135 e. The first-order valence-corrected chi connectivity index (χ1v) is 5.16. The summed E-state index contributed by atoms with van der Waals surface area (Å²) in [6.45, 7) is 7.99. The van der Waals surface area contributed by atoms with E-state index in [9.17, 15) is 4.79 Å². The first-order chi connectivity index (χ1) is 5.89. The Morgan fingerprint density at radius 1 is 1.54 bits per heavy atom. The van der Waals surface area contributed by atoms with Crippen molar-refractivity contribution in [1.29, 1.82) is 0 Å². The summed E-state index contributed by atoms with van der Waals surface area (Å²) in [7, 11) is 0. The number of Topliss-reactive ketones (excluding diaryl/α,β-unsaturated/α-hetero) is 1. The van der Waals surface area contributed by atoms with Crippen LogP contribution in [0.25, 0.3) is 0 Å². The van der Waals surface area contributed by atoms with Crippen LogP contribution in [0.5, 0.6) is 0 Å². The second-order valence-electron chi connectivity index (χ2n) is 4.26. The number of ketones is 1. The minimum absolute atomic E-state index is 0.0969. The summed E-state index contributed by atoms with van der Waals surface area (Å²) in [5.41, 5.74) is 0.0969. The van der Waals surface area contributed by atoms with Crippen LogP contribution in [0.1, 0.15) is 37.6 Å². The van der Waals surface area contributed by atoms with Crippen LogP contribution in [0.4, 0.5) is 0 Å². The molecule has 13 heavy (non-hydrogen) atoms. The molecule has 1 aromatic rings. The van der Waals surface area contributed by atoms with Gasteiger partial charge in [-0.05, 0) is 6.92 Å². The minimum atomic E-state index is 0.0969. The zero-order chi connectivity index (χ0) is 10.1. The van der Waals surface area contributed by atoms with Crippen molar-refractivity contribution in [3.05, 3.63) is 16.1 Å². The molecular weight excluding hydrogens is 182 g/mol. The van der Waals surface area contributed by atoms with Crippen molar-refractivity contribution in [2.24, 2.45) is 0 Å². The Morgan fingerprint density at radius 3 is 2.54 bits per heavy atom. The van der Waals surface area contributed by atoms with E-state index in [1.807, 2.05) is 6.20 Å². The number of aromatic nitrogens is 1. The maximum atomic E-state index is 10.9. The normalized spacial score (nSPS) is 11.7. The molecule has 0 N–H and O–H groups in total. The number of carbonyl (C=O) groups excluding carboxylic acids is 1. The van der Waals surface area contributed by atoms with E-state index in [1.165, 1.54) is 0 Å². The fraction of sp³-hybridized carbons (Fsp3) is 0.600. The standard InChI is InChI=1S/C10H15NOS/c1-7(12)5-8-6-11-9(13-8)10(2,3)4/h6H,5H2,1-4H3. The summed E-state index contributed by atoms with van der Waals surface area (Å²) < 4.78 is 0. The van der Waals surface area contributed by atoms with Crippen molar-refractivity contribution < 1.29 is 4.79 Å². The third kappa shape index (κ3) is 2.92. The van der Waals surface area contributed by atoms with Gasteiger partial charge in [0.2, 0.25) is 0 Å². The summed E-state index contributed by atoms with van der Waals surface area (Å²) in [6.07, 6.45) is 2.33. The molecule has 0 amide bonds. The van der Waals surface area contributed by atoms with E-state index < -0.39 is 0 Å². The Morgan fingerprint density at radius 2 is 2.15 bits per heavy atom. The lowest BCUT2D eigenvalue weighted by atomic mass is 9.98. The van der Waals surface area contributed by atoms with Gasteiger partial charge in [-0.1, -0.05) is 20.8 Å². The van der Waals surface area contributed by atoms with E-state index in [0.717, 1.165) is 9.88 Å². The molecule has 1 rings (SSSR count). The average Bonchev–Trinajstić information content (AvgIpc) is 2.32. The second kappa shape index (κ2) is 3.58. The van der Waals surface area contributed by atoms with Crippen molar-refractivity contribution in [3.63, 3.8) is 0 Å². The fourth-order valence-corrected chi connectivity index (χ4v) is 2.02. The molecule has 0 bridgehead atoms. The lowest BCUT2D eigenvalue weighted by Crippen LogP contribution is -2.09. The van der Waals surface area contributed by atoms with Crippen molar-refractivity contribution >= 4 is 17.1 Å². The van der Waals surface area contributed by atoms with E-state index in [4.69, 9.17) is 0 Å². The van der Waals surface area contributed by atoms with E-state index in [-0.39, 0.29) is 11.2 Å². The molecule has 0 radical (unpaired) electrons. The zero-order valence-electron chi connectivity index (χ0n) is 8.55. The molecule has 0 aromatic carbocycles. The van der Waals surface area contributed by atoms with Crippen LogP contribution < -0.4 is 0 Å². The summed E-state index contributed by atoms with van der Waals surface area (Å²) in [4.78, 5) is 16.2.